The molecule has 2 rings (SSSR count). The summed E-state index contributed by atoms with van der Waals surface area (Å²) < 4.78 is 13.6. The average Bonchev–Trinajstić information content (AvgIpc) is 2.46. The van der Waals surface area contributed by atoms with Gasteiger partial charge in [-0.05, 0) is 48.7 Å². The Balaban J connectivity index is 2.35. The van der Waals surface area contributed by atoms with Crippen LogP contribution in [-0.4, -0.2) is 6.54 Å². The van der Waals surface area contributed by atoms with E-state index in [1.807, 2.05) is 38.1 Å². The zero-order chi connectivity index (χ0) is 15.4. The maximum atomic E-state index is 13.6. The largest absolute Gasteiger partial charge is 0.310 e. The molecule has 0 amide bonds. The van der Waals surface area contributed by atoms with Gasteiger partial charge in [-0.2, -0.15) is 0 Å². The van der Waals surface area contributed by atoms with Gasteiger partial charge in [-0.3, -0.25) is 0 Å². The average molecular weight is 326 g/mol. The van der Waals surface area contributed by atoms with E-state index in [0.717, 1.165) is 28.3 Å². The Morgan fingerprint density at radius 3 is 2.57 bits per heavy atom. The lowest BCUT2D eigenvalue weighted by Gasteiger charge is -2.21. The van der Waals surface area contributed by atoms with E-state index in [0.29, 0.717) is 6.42 Å². The molecule has 0 fully saturated rings. The lowest BCUT2D eigenvalue weighted by molar-refractivity contribution is 0.544. The number of likely N-dealkylation sites (N-methyl/N-ethyl adjacent to an activating group) is 1. The van der Waals surface area contributed by atoms with Gasteiger partial charge in [0.1, 0.15) is 5.82 Å². The molecule has 0 saturated heterocycles. The lowest BCUT2D eigenvalue weighted by Crippen LogP contribution is -2.24. The van der Waals surface area contributed by atoms with Crippen molar-refractivity contribution in [3.63, 3.8) is 0 Å². The minimum atomic E-state index is -0.382. The van der Waals surface area contributed by atoms with E-state index in [2.05, 4.69) is 5.32 Å². The lowest BCUT2D eigenvalue weighted by atomic mass is 9.95. The second kappa shape index (κ2) is 7.26. The Morgan fingerprint density at radius 2 is 1.86 bits per heavy atom. The summed E-state index contributed by atoms with van der Waals surface area (Å²) in [6.45, 7) is 4.85. The third-order valence-corrected chi connectivity index (χ3v) is 4.42. The van der Waals surface area contributed by atoms with Crippen LogP contribution in [0.25, 0.3) is 0 Å². The molecule has 1 atom stereocenters. The van der Waals surface area contributed by atoms with Gasteiger partial charge in [0.15, 0.2) is 0 Å². The molecule has 0 bridgehead atoms. The molecule has 0 aromatic heterocycles. The monoisotopic (exact) mass is 325 g/mol. The van der Waals surface area contributed by atoms with Gasteiger partial charge in [0.25, 0.3) is 0 Å². The van der Waals surface area contributed by atoms with Gasteiger partial charge >= 0.3 is 0 Å². The summed E-state index contributed by atoms with van der Waals surface area (Å²) in [6, 6.07) is 10.8. The summed E-state index contributed by atoms with van der Waals surface area (Å²) in [7, 11) is 0. The van der Waals surface area contributed by atoms with Crippen LogP contribution in [0.1, 0.15) is 29.7 Å². The highest BCUT2D eigenvalue weighted by Crippen LogP contribution is 2.29. The molecule has 0 aliphatic rings. The van der Waals surface area contributed by atoms with Gasteiger partial charge in [-0.1, -0.05) is 54.4 Å². The summed E-state index contributed by atoms with van der Waals surface area (Å²) in [5.74, 6) is -0.382. The summed E-state index contributed by atoms with van der Waals surface area (Å²) in [6.07, 6.45) is 0.617. The molecule has 0 saturated carbocycles. The van der Waals surface area contributed by atoms with Crippen molar-refractivity contribution in [1.29, 1.82) is 0 Å². The van der Waals surface area contributed by atoms with Crippen molar-refractivity contribution in [2.45, 2.75) is 26.3 Å². The molecular weight excluding hydrogens is 308 g/mol. The molecule has 1 nitrogen and oxygen atoms in total. The summed E-state index contributed by atoms with van der Waals surface area (Å²) in [4.78, 5) is 0. The molecule has 0 aliphatic heterocycles. The molecule has 0 spiro atoms. The third-order valence-electron chi connectivity index (χ3n) is 3.59. The molecule has 112 valence electrons. The Morgan fingerprint density at radius 1 is 1.14 bits per heavy atom. The minimum Gasteiger partial charge on any atom is -0.310 e. The molecule has 1 N–H and O–H groups in total. The van der Waals surface area contributed by atoms with Crippen LogP contribution in [0.15, 0.2) is 36.4 Å². The number of benzene rings is 2. The van der Waals surface area contributed by atoms with Crippen molar-refractivity contribution < 1.29 is 4.39 Å². The minimum absolute atomic E-state index is 0.0491. The first-order valence-electron chi connectivity index (χ1n) is 6.95. The molecule has 0 radical (unpaired) electrons. The molecule has 2 aromatic rings. The van der Waals surface area contributed by atoms with Crippen LogP contribution in [0, 0.1) is 12.7 Å². The van der Waals surface area contributed by atoms with Crippen molar-refractivity contribution >= 4 is 23.2 Å². The number of hydrogen-bond donors (Lipinski definition) is 1. The molecule has 4 heteroatoms. The Kier molecular flexibility index (Phi) is 5.63. The van der Waals surface area contributed by atoms with E-state index in [1.54, 1.807) is 6.07 Å². The van der Waals surface area contributed by atoms with Crippen LogP contribution >= 0.6 is 23.2 Å². The van der Waals surface area contributed by atoms with Gasteiger partial charge in [0, 0.05) is 11.1 Å². The summed E-state index contributed by atoms with van der Waals surface area (Å²) in [5, 5.41) is 4.35. The number of nitrogens with one attached hydrogen (secondary N) is 1. The van der Waals surface area contributed by atoms with E-state index in [-0.39, 0.29) is 16.9 Å². The van der Waals surface area contributed by atoms with Crippen LogP contribution in [0.3, 0.4) is 0 Å². The fourth-order valence-electron chi connectivity index (χ4n) is 2.47. The van der Waals surface area contributed by atoms with Crippen molar-refractivity contribution in [1.82, 2.24) is 5.32 Å². The Labute approximate surface area is 135 Å². The Bertz CT molecular complexity index is 628. The van der Waals surface area contributed by atoms with Crippen LogP contribution in [-0.2, 0) is 6.42 Å². The highest BCUT2D eigenvalue weighted by molar-refractivity contribution is 6.31. The smallest absolute Gasteiger partial charge is 0.142 e. The quantitative estimate of drug-likeness (QED) is 0.782. The normalized spacial score (nSPS) is 12.4. The van der Waals surface area contributed by atoms with Gasteiger partial charge in [-0.15, -0.1) is 0 Å². The van der Waals surface area contributed by atoms with E-state index in [1.165, 1.54) is 6.07 Å². The van der Waals surface area contributed by atoms with Gasteiger partial charge < -0.3 is 5.32 Å². The van der Waals surface area contributed by atoms with Gasteiger partial charge in [-0.25, -0.2) is 4.39 Å². The fourth-order valence-corrected chi connectivity index (χ4v) is 2.85. The number of halogens is 3. The fraction of sp³-hybridized carbons (Fsp3) is 0.294. The topological polar surface area (TPSA) is 12.0 Å². The zero-order valence-electron chi connectivity index (χ0n) is 12.1. The zero-order valence-corrected chi connectivity index (χ0v) is 13.6. The van der Waals surface area contributed by atoms with Crippen LogP contribution in [0.5, 0.6) is 0 Å². The van der Waals surface area contributed by atoms with E-state index in [4.69, 9.17) is 23.2 Å². The maximum Gasteiger partial charge on any atom is 0.142 e. The van der Waals surface area contributed by atoms with Gasteiger partial charge in [0.05, 0.1) is 5.02 Å². The van der Waals surface area contributed by atoms with E-state index in [9.17, 15) is 4.39 Å². The van der Waals surface area contributed by atoms with E-state index >= 15 is 0 Å². The summed E-state index contributed by atoms with van der Waals surface area (Å²) >= 11 is 12.3. The predicted octanol–water partition coefficient (Wildman–Crippen LogP) is 5.33. The maximum absolute atomic E-state index is 13.6. The van der Waals surface area contributed by atoms with Crippen molar-refractivity contribution in [2.75, 3.05) is 6.54 Å². The first kappa shape index (κ1) is 16.3. The highest BCUT2D eigenvalue weighted by atomic mass is 35.5. The first-order chi connectivity index (χ1) is 10.0. The van der Waals surface area contributed by atoms with Crippen molar-refractivity contribution in [3.05, 3.63) is 69.0 Å². The Hall–Kier alpha value is -1.09. The second-order valence-corrected chi connectivity index (χ2v) is 5.77. The highest BCUT2D eigenvalue weighted by Gasteiger charge is 2.17. The molecule has 21 heavy (non-hydrogen) atoms. The van der Waals surface area contributed by atoms with Crippen LogP contribution in [0.4, 0.5) is 4.39 Å². The summed E-state index contributed by atoms with van der Waals surface area (Å²) in [5.41, 5.74) is 2.95. The predicted molar refractivity (Wildman–Crippen MR) is 87.7 cm³/mol. The van der Waals surface area contributed by atoms with Crippen LogP contribution < -0.4 is 5.32 Å². The standard InChI is InChI=1S/C17H18Cl2FN/c1-3-21-16(13-7-5-8-14(18)11(13)2)10-12-6-4-9-15(20)17(12)19/h4-9,16,21H,3,10H2,1-2H3. The van der Waals surface area contributed by atoms with Crippen molar-refractivity contribution in [2.24, 2.45) is 0 Å². The number of hydrogen-bond acceptors (Lipinski definition) is 1. The van der Waals surface area contributed by atoms with E-state index < -0.39 is 0 Å². The molecule has 0 heterocycles. The number of rotatable bonds is 5. The molecule has 1 unspecified atom stereocenters. The molecule has 2 aromatic carbocycles. The second-order valence-electron chi connectivity index (χ2n) is 4.98. The van der Waals surface area contributed by atoms with Gasteiger partial charge in [0.2, 0.25) is 0 Å². The third kappa shape index (κ3) is 3.76. The van der Waals surface area contributed by atoms with Crippen molar-refractivity contribution in [3.8, 4) is 0 Å². The first-order valence-corrected chi connectivity index (χ1v) is 7.71. The molecular formula is C17H18Cl2FN. The molecule has 0 aliphatic carbocycles. The van der Waals surface area contributed by atoms with Crippen LogP contribution in [0.2, 0.25) is 10.0 Å². The SMILES string of the molecule is CCNC(Cc1cccc(F)c1Cl)c1cccc(Cl)c1C.